The molecule has 29 heavy (non-hydrogen) atoms. The van der Waals surface area contributed by atoms with E-state index in [0.29, 0.717) is 5.88 Å². The highest BCUT2D eigenvalue weighted by Gasteiger charge is 2.29. The van der Waals surface area contributed by atoms with Crippen LogP contribution in [-0.4, -0.2) is 25.4 Å². The number of halogens is 3. The predicted molar refractivity (Wildman–Crippen MR) is 132 cm³/mol. The van der Waals surface area contributed by atoms with Crippen LogP contribution >= 0.6 is 51.0 Å². The van der Waals surface area contributed by atoms with Gasteiger partial charge in [0.1, 0.15) is 4.90 Å². The molecule has 0 N–H and O–H groups in total. The van der Waals surface area contributed by atoms with Gasteiger partial charge in [-0.2, -0.15) is 0 Å². The Labute approximate surface area is 196 Å². The smallest absolute Gasteiger partial charge is 0.262 e. The van der Waals surface area contributed by atoms with E-state index in [1.807, 2.05) is 0 Å². The minimum atomic E-state index is -3.90. The van der Waals surface area contributed by atoms with Gasteiger partial charge in [-0.3, -0.25) is 0 Å². The number of aliphatic imine (C=N–C) groups is 1. The Morgan fingerprint density at radius 1 is 1.17 bits per heavy atom. The Hall–Kier alpha value is -0.730. The molecule has 4 nitrogen and oxygen atoms in total. The largest absolute Gasteiger partial charge is 0.353 e. The lowest BCUT2D eigenvalue weighted by Gasteiger charge is -2.23. The second kappa shape index (κ2) is 10.1. The van der Waals surface area contributed by atoms with E-state index in [2.05, 4.69) is 43.9 Å². The summed E-state index contributed by atoms with van der Waals surface area (Å²) in [6.45, 7) is 6.35. The van der Waals surface area contributed by atoms with Crippen molar-refractivity contribution in [3.63, 3.8) is 0 Å². The lowest BCUT2D eigenvalue weighted by molar-refractivity contribution is 0.609. The maximum atomic E-state index is 11.8. The Kier molecular flexibility index (Phi) is 8.51. The average Bonchev–Trinajstić information content (AvgIpc) is 3.02. The van der Waals surface area contributed by atoms with Crippen molar-refractivity contribution in [3.05, 3.63) is 52.5 Å². The van der Waals surface area contributed by atoms with E-state index < -0.39 is 9.05 Å². The van der Waals surface area contributed by atoms with Crippen molar-refractivity contribution in [2.75, 3.05) is 10.8 Å². The van der Waals surface area contributed by atoms with Gasteiger partial charge in [0, 0.05) is 16.4 Å². The molecule has 1 saturated heterocycles. The van der Waals surface area contributed by atoms with Crippen LogP contribution in [0.4, 0.5) is 11.4 Å². The van der Waals surface area contributed by atoms with Gasteiger partial charge in [0.15, 0.2) is 0 Å². The fourth-order valence-corrected chi connectivity index (χ4v) is 5.81. The third-order valence-electron chi connectivity index (χ3n) is 4.85. The van der Waals surface area contributed by atoms with Crippen LogP contribution < -0.4 is 4.90 Å². The molecule has 0 spiro atoms. The molecule has 1 atom stereocenters. The fourth-order valence-electron chi connectivity index (χ4n) is 3.15. The average molecular weight is 538 g/mol. The summed E-state index contributed by atoms with van der Waals surface area (Å²) in [5.41, 5.74) is 4.30. The Morgan fingerprint density at radius 3 is 2.52 bits per heavy atom. The van der Waals surface area contributed by atoms with E-state index in [4.69, 9.17) is 27.3 Å². The first-order valence-electron chi connectivity index (χ1n) is 9.08. The van der Waals surface area contributed by atoms with Gasteiger partial charge in [0.05, 0.1) is 27.7 Å². The first kappa shape index (κ1) is 24.5. The summed E-state index contributed by atoms with van der Waals surface area (Å²) >= 11 is 7.66. The van der Waals surface area contributed by atoms with Gasteiger partial charge in [-0.15, -0.1) is 17.0 Å². The van der Waals surface area contributed by atoms with E-state index >= 15 is 0 Å². The second-order valence-electron chi connectivity index (χ2n) is 6.59. The van der Waals surface area contributed by atoms with E-state index in [1.54, 1.807) is 23.9 Å². The number of aryl methyl sites for hydroxylation is 2. The van der Waals surface area contributed by atoms with Crippen molar-refractivity contribution >= 4 is 76.5 Å². The van der Waals surface area contributed by atoms with Gasteiger partial charge >= 0.3 is 0 Å². The Bertz CT molecular complexity index is 1030. The first-order chi connectivity index (χ1) is 13.2. The zero-order valence-electron chi connectivity index (χ0n) is 16.4. The molecule has 3 rings (SSSR count). The number of hydrogen-bond acceptors (Lipinski definition) is 5. The van der Waals surface area contributed by atoms with Gasteiger partial charge in [-0.1, -0.05) is 49.3 Å². The number of rotatable bonds is 5. The summed E-state index contributed by atoms with van der Waals surface area (Å²) in [5.74, 6) is 0.678. The Morgan fingerprint density at radius 2 is 1.90 bits per heavy atom. The van der Waals surface area contributed by atoms with Crippen molar-refractivity contribution < 1.29 is 8.42 Å². The van der Waals surface area contributed by atoms with Crippen LogP contribution in [0, 0.1) is 0 Å². The molecule has 1 aliphatic heterocycles. The molecule has 158 valence electrons. The van der Waals surface area contributed by atoms with Gasteiger partial charge in [-0.05, 0) is 55.2 Å². The van der Waals surface area contributed by atoms with E-state index in [0.717, 1.165) is 29.3 Å². The van der Waals surface area contributed by atoms with E-state index in [-0.39, 0.29) is 32.9 Å². The lowest BCUT2D eigenvalue weighted by atomic mass is 10.0. The summed E-state index contributed by atoms with van der Waals surface area (Å²) in [4.78, 5) is 6.94. The zero-order valence-corrected chi connectivity index (χ0v) is 21.2. The number of anilines is 1. The summed E-state index contributed by atoms with van der Waals surface area (Å²) in [6.07, 6.45) is 1.93. The highest BCUT2D eigenvalue weighted by atomic mass is 79.9. The molecule has 0 radical (unpaired) electrons. The van der Waals surface area contributed by atoms with Crippen LogP contribution in [0.25, 0.3) is 0 Å². The topological polar surface area (TPSA) is 49.7 Å². The predicted octanol–water partition coefficient (Wildman–Crippen LogP) is 6.60. The zero-order chi connectivity index (χ0) is 20.5. The molecule has 1 aliphatic rings. The van der Waals surface area contributed by atoms with Crippen LogP contribution in [0.2, 0.25) is 5.02 Å². The number of benzene rings is 2. The molecule has 1 fully saturated rings. The summed E-state index contributed by atoms with van der Waals surface area (Å²) in [5, 5.41) is 1.12. The number of nitrogens with zero attached hydrogens (tertiary/aromatic N) is 2. The highest BCUT2D eigenvalue weighted by molar-refractivity contribution is 8.93. The van der Waals surface area contributed by atoms with Crippen LogP contribution in [0.15, 0.2) is 46.3 Å². The fraction of sp³-hybridized carbons (Fsp3) is 0.350. The summed E-state index contributed by atoms with van der Waals surface area (Å²) < 4.78 is 23.5. The number of hydrogen-bond donors (Lipinski definition) is 0. The second-order valence-corrected chi connectivity index (χ2v) is 10.5. The minimum absolute atomic E-state index is 0. The molecule has 9 heteroatoms. The molecule has 0 saturated carbocycles. The van der Waals surface area contributed by atoms with Crippen molar-refractivity contribution in [2.24, 2.45) is 4.99 Å². The molecule has 0 bridgehead atoms. The maximum absolute atomic E-state index is 11.8. The third-order valence-corrected chi connectivity index (χ3v) is 7.79. The minimum Gasteiger partial charge on any atom is -0.353 e. The summed E-state index contributed by atoms with van der Waals surface area (Å²) in [6, 6.07) is 11.3. The standard InChI is InChI=1S/C20H22Cl2N2O2S2.BrH/c1-4-14-6-9-18(15(5-2)10-14)23-20-13(3)24(12-27-20)16-7-8-17(21)19(11-16)28(22,25)26;/h6-11,13H,4-5,12H2,1-3H3;1H. The molecule has 0 amide bonds. The van der Waals surface area contributed by atoms with Gasteiger partial charge < -0.3 is 4.90 Å². The molecule has 0 aromatic heterocycles. The third kappa shape index (κ3) is 5.50. The van der Waals surface area contributed by atoms with Gasteiger partial charge in [0.25, 0.3) is 9.05 Å². The molecular weight excluding hydrogens is 515 g/mol. The highest BCUT2D eigenvalue weighted by Crippen LogP contribution is 2.36. The Balaban J connectivity index is 0.00000300. The molecule has 2 aromatic rings. The quantitative estimate of drug-likeness (QED) is 0.403. The van der Waals surface area contributed by atoms with Crippen molar-refractivity contribution in [2.45, 2.75) is 44.6 Å². The molecule has 1 unspecified atom stereocenters. The van der Waals surface area contributed by atoms with Crippen LogP contribution in [0.5, 0.6) is 0 Å². The lowest BCUT2D eigenvalue weighted by Crippen LogP contribution is -2.30. The van der Waals surface area contributed by atoms with Crippen LogP contribution in [-0.2, 0) is 21.9 Å². The van der Waals surface area contributed by atoms with Gasteiger partial charge in [-0.25, -0.2) is 13.4 Å². The molecule has 2 aromatic carbocycles. The number of thioether (sulfide) groups is 1. The van der Waals surface area contributed by atoms with Crippen LogP contribution in [0.3, 0.4) is 0 Å². The van der Waals surface area contributed by atoms with Crippen molar-refractivity contribution in [1.29, 1.82) is 0 Å². The van der Waals surface area contributed by atoms with Crippen molar-refractivity contribution in [3.8, 4) is 0 Å². The van der Waals surface area contributed by atoms with Crippen molar-refractivity contribution in [1.82, 2.24) is 0 Å². The summed E-state index contributed by atoms with van der Waals surface area (Å²) in [7, 11) is 1.61. The SMILES string of the molecule is Br.CCc1ccc(N=C2SCN(c3ccc(Cl)c(S(=O)(=O)Cl)c3)C2C)c(CC)c1. The van der Waals surface area contributed by atoms with Gasteiger partial charge in [0.2, 0.25) is 0 Å². The maximum Gasteiger partial charge on any atom is 0.262 e. The molecular formula is C20H23BrCl2N2O2S2. The monoisotopic (exact) mass is 536 g/mol. The van der Waals surface area contributed by atoms with Crippen LogP contribution in [0.1, 0.15) is 31.9 Å². The first-order valence-corrected chi connectivity index (χ1v) is 12.8. The molecule has 1 heterocycles. The van der Waals surface area contributed by atoms with E-state index in [9.17, 15) is 8.42 Å². The molecule has 0 aliphatic carbocycles. The normalized spacial score (nSPS) is 18.2. The van der Waals surface area contributed by atoms with E-state index in [1.165, 1.54) is 17.2 Å².